The molecule has 3 heterocycles. The number of carbonyl (C=O) groups excluding carboxylic acids is 1. The molecule has 1 aliphatic carbocycles. The van der Waals surface area contributed by atoms with E-state index in [-0.39, 0.29) is 5.91 Å². The SMILES string of the molecule is Cc1cc(-c2cnc3c(NCC(C)(C)O)cc(Sc4ncc[nH]4)nn23)ccc1C(=O)NC1CC1. The lowest BCUT2D eigenvalue weighted by Crippen LogP contribution is -2.29. The summed E-state index contributed by atoms with van der Waals surface area (Å²) in [6.45, 7) is 5.79. The molecule has 0 bridgehead atoms. The van der Waals surface area contributed by atoms with Gasteiger partial charge in [0.05, 0.1) is 23.2 Å². The highest BCUT2D eigenvalue weighted by molar-refractivity contribution is 7.99. The fourth-order valence-electron chi connectivity index (χ4n) is 3.61. The predicted molar refractivity (Wildman–Crippen MR) is 131 cm³/mol. The van der Waals surface area contributed by atoms with E-state index in [0.29, 0.717) is 23.8 Å². The monoisotopic (exact) mass is 477 g/mol. The van der Waals surface area contributed by atoms with Crippen LogP contribution in [0.3, 0.4) is 0 Å². The number of aromatic nitrogens is 5. The number of H-pyrrole nitrogens is 1. The molecule has 4 aromatic rings. The number of amides is 1. The standard InChI is InChI=1S/C24H27N7O2S/c1-14-10-15(4-7-17(14)22(32)29-16-5-6-16)19-12-27-21-18(28-13-24(2,3)33)11-20(30-31(19)21)34-23-25-8-9-26-23/h4,7-12,16,28,33H,5-6,13H2,1-3H3,(H,25,26)(H,29,32). The van der Waals surface area contributed by atoms with Gasteiger partial charge in [0, 0.05) is 36.1 Å². The summed E-state index contributed by atoms with van der Waals surface area (Å²) in [7, 11) is 0. The fraction of sp³-hybridized carbons (Fsp3) is 0.333. The zero-order chi connectivity index (χ0) is 23.9. The number of aromatic amines is 1. The van der Waals surface area contributed by atoms with E-state index in [4.69, 9.17) is 5.10 Å². The molecule has 1 saturated carbocycles. The lowest BCUT2D eigenvalue weighted by molar-refractivity contribution is 0.0940. The largest absolute Gasteiger partial charge is 0.389 e. The second-order valence-corrected chi connectivity index (χ2v) is 10.2. The van der Waals surface area contributed by atoms with Crippen molar-refractivity contribution in [2.75, 3.05) is 11.9 Å². The first kappa shape index (κ1) is 22.4. The van der Waals surface area contributed by atoms with Crippen LogP contribution in [0.4, 0.5) is 5.69 Å². The molecular formula is C24H27N7O2S. The van der Waals surface area contributed by atoms with Gasteiger partial charge in [-0.05, 0) is 69.1 Å². The third kappa shape index (κ3) is 4.92. The maximum Gasteiger partial charge on any atom is 0.251 e. The summed E-state index contributed by atoms with van der Waals surface area (Å²) in [6, 6.07) is 7.99. The van der Waals surface area contributed by atoms with E-state index in [2.05, 4.69) is 25.6 Å². The number of hydrogen-bond donors (Lipinski definition) is 4. The van der Waals surface area contributed by atoms with Crippen LogP contribution in [0.25, 0.3) is 16.9 Å². The van der Waals surface area contributed by atoms with Crippen LogP contribution in [-0.2, 0) is 0 Å². The predicted octanol–water partition coefficient (Wildman–Crippen LogP) is 3.65. The van der Waals surface area contributed by atoms with Gasteiger partial charge in [-0.15, -0.1) is 0 Å². The van der Waals surface area contributed by atoms with E-state index < -0.39 is 5.60 Å². The molecule has 34 heavy (non-hydrogen) atoms. The molecule has 3 aromatic heterocycles. The average molecular weight is 478 g/mol. The molecular weight excluding hydrogens is 450 g/mol. The Labute approximate surface area is 201 Å². The molecule has 1 aliphatic rings. The second-order valence-electron chi connectivity index (χ2n) is 9.21. The molecule has 0 unspecified atom stereocenters. The van der Waals surface area contributed by atoms with E-state index in [1.54, 1.807) is 37.0 Å². The molecule has 0 spiro atoms. The topological polar surface area (TPSA) is 120 Å². The van der Waals surface area contributed by atoms with E-state index in [9.17, 15) is 9.90 Å². The van der Waals surface area contributed by atoms with Gasteiger partial charge >= 0.3 is 0 Å². The van der Waals surface area contributed by atoms with Crippen LogP contribution in [0.2, 0.25) is 0 Å². The molecule has 5 rings (SSSR count). The molecule has 176 valence electrons. The number of benzene rings is 1. The van der Waals surface area contributed by atoms with Gasteiger partial charge in [-0.2, -0.15) is 5.10 Å². The number of aliphatic hydroxyl groups is 1. The normalized spacial score (nSPS) is 13.9. The first-order chi connectivity index (χ1) is 16.3. The lowest BCUT2D eigenvalue weighted by atomic mass is 10.0. The Kier molecular flexibility index (Phi) is 5.78. The zero-order valence-corrected chi connectivity index (χ0v) is 20.1. The van der Waals surface area contributed by atoms with Crippen LogP contribution in [0.5, 0.6) is 0 Å². The molecule has 1 fully saturated rings. The number of nitrogens with one attached hydrogen (secondary N) is 3. The highest BCUT2D eigenvalue weighted by atomic mass is 32.2. The number of rotatable bonds is 8. The zero-order valence-electron chi connectivity index (χ0n) is 19.3. The number of fused-ring (bicyclic) bond motifs is 1. The Morgan fingerprint density at radius 3 is 2.79 bits per heavy atom. The van der Waals surface area contributed by atoms with E-state index >= 15 is 0 Å². The number of anilines is 1. The smallest absolute Gasteiger partial charge is 0.251 e. The average Bonchev–Trinajstić information content (AvgIpc) is 3.26. The molecule has 1 amide bonds. The minimum absolute atomic E-state index is 0.0296. The number of nitrogens with zero attached hydrogens (tertiary/aromatic N) is 4. The van der Waals surface area contributed by atoms with Crippen molar-refractivity contribution in [2.45, 2.75) is 55.4 Å². The van der Waals surface area contributed by atoms with Gasteiger partial charge in [0.15, 0.2) is 10.8 Å². The molecule has 1 aromatic carbocycles. The van der Waals surface area contributed by atoms with Crippen LogP contribution < -0.4 is 10.6 Å². The number of hydrogen-bond acceptors (Lipinski definition) is 7. The van der Waals surface area contributed by atoms with Crippen molar-refractivity contribution in [3.05, 3.63) is 54.0 Å². The molecule has 0 aliphatic heterocycles. The molecule has 4 N–H and O–H groups in total. The van der Waals surface area contributed by atoms with E-state index in [1.165, 1.54) is 11.8 Å². The Balaban J connectivity index is 1.53. The highest BCUT2D eigenvalue weighted by Gasteiger charge is 2.24. The van der Waals surface area contributed by atoms with Gasteiger partial charge in [-0.1, -0.05) is 6.07 Å². The molecule has 0 radical (unpaired) electrons. The van der Waals surface area contributed by atoms with Gasteiger partial charge in [-0.25, -0.2) is 14.5 Å². The summed E-state index contributed by atoms with van der Waals surface area (Å²) < 4.78 is 1.79. The van der Waals surface area contributed by atoms with Crippen LogP contribution >= 0.6 is 11.8 Å². The quantitative estimate of drug-likeness (QED) is 0.306. The summed E-state index contributed by atoms with van der Waals surface area (Å²) in [5.74, 6) is -0.0296. The van der Waals surface area contributed by atoms with Gasteiger partial charge in [0.1, 0.15) is 5.03 Å². The van der Waals surface area contributed by atoms with E-state index in [0.717, 1.165) is 45.5 Å². The maximum atomic E-state index is 12.5. The summed E-state index contributed by atoms with van der Waals surface area (Å²) in [6.07, 6.45) is 7.34. The molecule has 9 nitrogen and oxygen atoms in total. The third-order valence-corrected chi connectivity index (χ3v) is 6.34. The van der Waals surface area contributed by atoms with Crippen molar-refractivity contribution in [1.82, 2.24) is 29.9 Å². The summed E-state index contributed by atoms with van der Waals surface area (Å²) >= 11 is 1.40. The Bertz CT molecular complexity index is 1340. The number of carbonyl (C=O) groups is 1. The van der Waals surface area contributed by atoms with E-state index in [1.807, 2.05) is 31.2 Å². The van der Waals surface area contributed by atoms with Crippen LogP contribution in [-0.4, -0.2) is 53.8 Å². The minimum atomic E-state index is -0.891. The van der Waals surface area contributed by atoms with Crippen molar-refractivity contribution in [3.8, 4) is 11.3 Å². The lowest BCUT2D eigenvalue weighted by Gasteiger charge is -2.19. The summed E-state index contributed by atoms with van der Waals surface area (Å²) in [4.78, 5) is 24.5. The maximum absolute atomic E-state index is 12.5. The van der Waals surface area contributed by atoms with Gasteiger partial charge in [0.25, 0.3) is 5.91 Å². The van der Waals surface area contributed by atoms with Crippen LogP contribution in [0.15, 0.2) is 53.0 Å². The first-order valence-electron chi connectivity index (χ1n) is 11.2. The first-order valence-corrected chi connectivity index (χ1v) is 12.0. The highest BCUT2D eigenvalue weighted by Crippen LogP contribution is 2.31. The van der Waals surface area contributed by atoms with Crippen molar-refractivity contribution < 1.29 is 9.90 Å². The van der Waals surface area contributed by atoms with Crippen LogP contribution in [0.1, 0.15) is 42.6 Å². The van der Waals surface area contributed by atoms with Gasteiger partial charge < -0.3 is 20.7 Å². The number of aryl methyl sites for hydroxylation is 1. The Hall–Kier alpha value is -3.37. The van der Waals surface area contributed by atoms with Crippen molar-refractivity contribution in [2.24, 2.45) is 0 Å². The second kappa shape index (κ2) is 8.77. The minimum Gasteiger partial charge on any atom is -0.389 e. The summed E-state index contributed by atoms with van der Waals surface area (Å²) in [5.41, 5.74) is 3.81. The molecule has 0 atom stereocenters. The molecule has 10 heteroatoms. The van der Waals surface area contributed by atoms with Crippen molar-refractivity contribution in [1.29, 1.82) is 0 Å². The van der Waals surface area contributed by atoms with Gasteiger partial charge in [-0.3, -0.25) is 4.79 Å². The fourth-order valence-corrected chi connectivity index (χ4v) is 4.35. The molecule has 0 saturated heterocycles. The third-order valence-electron chi connectivity index (χ3n) is 5.51. The van der Waals surface area contributed by atoms with Crippen molar-refractivity contribution in [3.63, 3.8) is 0 Å². The Morgan fingerprint density at radius 2 is 2.12 bits per heavy atom. The van der Waals surface area contributed by atoms with Gasteiger partial charge in [0.2, 0.25) is 0 Å². The Morgan fingerprint density at radius 1 is 1.29 bits per heavy atom. The van der Waals surface area contributed by atoms with Crippen LogP contribution in [0, 0.1) is 6.92 Å². The van der Waals surface area contributed by atoms with Crippen molar-refractivity contribution >= 4 is 29.0 Å². The summed E-state index contributed by atoms with van der Waals surface area (Å²) in [5, 5.41) is 22.8. The number of imidazole rings is 2.